The molecule has 2 aromatic heterocycles. The summed E-state index contributed by atoms with van der Waals surface area (Å²) in [5.74, 6) is 0.0876. The number of hydrogen-bond donors (Lipinski definition) is 0. The first kappa shape index (κ1) is 19.4. The van der Waals surface area contributed by atoms with E-state index in [0.29, 0.717) is 48.0 Å². The van der Waals surface area contributed by atoms with Crippen LogP contribution in [0.5, 0.6) is 0 Å². The normalized spacial score (nSPS) is 23.9. The molecule has 1 aromatic carbocycles. The molecule has 1 saturated heterocycles. The molecule has 0 bridgehead atoms. The Morgan fingerprint density at radius 3 is 2.47 bits per heavy atom. The number of aromatic nitrogens is 3. The van der Waals surface area contributed by atoms with Crippen LogP contribution in [0, 0.1) is 11.8 Å². The van der Waals surface area contributed by atoms with Gasteiger partial charge in [0.1, 0.15) is 10.8 Å². The van der Waals surface area contributed by atoms with Gasteiger partial charge in [-0.1, -0.05) is 29.8 Å². The molecule has 0 spiro atoms. The molecule has 9 heteroatoms. The van der Waals surface area contributed by atoms with E-state index in [1.807, 2.05) is 0 Å². The molecule has 3 aromatic rings. The van der Waals surface area contributed by atoms with Gasteiger partial charge in [-0.15, -0.1) is 0 Å². The van der Waals surface area contributed by atoms with Crippen LogP contribution in [0.4, 0.5) is 13.2 Å². The zero-order chi connectivity index (χ0) is 21.0. The fourth-order valence-electron chi connectivity index (χ4n) is 4.95. The monoisotopic (exact) mass is 434 g/mol. The standard InChI is InChI=1S/C21H18ClF3N4O/c22-18-5-6-19-26-17(11-29(19)27-18)20(30)28-9-13-7-12(8-14(13)10-28)15-3-1-2-4-16(15)21(23,24)25/h1-6,11-14H,7-10H2/t12-,13-,14+. The molecule has 1 amide bonds. The third-order valence-corrected chi connectivity index (χ3v) is 6.45. The Balaban J connectivity index is 1.31. The third-order valence-electron chi connectivity index (χ3n) is 6.25. The lowest BCUT2D eigenvalue weighted by atomic mass is 9.91. The van der Waals surface area contributed by atoms with Crippen LogP contribution in [0.1, 0.15) is 40.4 Å². The molecule has 30 heavy (non-hydrogen) atoms. The zero-order valence-corrected chi connectivity index (χ0v) is 16.6. The summed E-state index contributed by atoms with van der Waals surface area (Å²) in [6.45, 7) is 1.08. The molecular formula is C21H18ClF3N4O. The number of imidazole rings is 1. The maximum Gasteiger partial charge on any atom is 0.416 e. The van der Waals surface area contributed by atoms with Gasteiger partial charge in [0.15, 0.2) is 5.65 Å². The van der Waals surface area contributed by atoms with E-state index in [1.165, 1.54) is 10.6 Å². The predicted molar refractivity (Wildman–Crippen MR) is 104 cm³/mol. The van der Waals surface area contributed by atoms with Gasteiger partial charge in [0.05, 0.1) is 11.8 Å². The Morgan fingerprint density at radius 2 is 1.77 bits per heavy atom. The number of halogens is 4. The highest BCUT2D eigenvalue weighted by Crippen LogP contribution is 2.49. The first-order chi connectivity index (χ1) is 14.3. The van der Waals surface area contributed by atoms with Gasteiger partial charge in [0, 0.05) is 13.1 Å². The van der Waals surface area contributed by atoms with E-state index < -0.39 is 11.7 Å². The highest BCUT2D eigenvalue weighted by Gasteiger charge is 2.45. The van der Waals surface area contributed by atoms with Gasteiger partial charge in [-0.05, 0) is 54.4 Å². The number of amides is 1. The lowest BCUT2D eigenvalue weighted by Crippen LogP contribution is -2.30. The minimum atomic E-state index is -4.35. The molecule has 1 aliphatic carbocycles. The predicted octanol–water partition coefficient (Wildman–Crippen LogP) is 4.67. The fourth-order valence-corrected chi connectivity index (χ4v) is 5.10. The lowest BCUT2D eigenvalue weighted by Gasteiger charge is -2.21. The van der Waals surface area contributed by atoms with Crippen molar-refractivity contribution in [3.05, 3.63) is 64.6 Å². The van der Waals surface area contributed by atoms with Gasteiger partial charge in [0.25, 0.3) is 5.91 Å². The Bertz CT molecular complexity index is 1110. The summed E-state index contributed by atoms with van der Waals surface area (Å²) in [6, 6.07) is 9.14. The SMILES string of the molecule is O=C(c1cn2nc(Cl)ccc2n1)N1C[C@H]2C[C@@H](c3ccccc3C(F)(F)F)C[C@H]2C1. The number of hydrogen-bond acceptors (Lipinski definition) is 3. The van der Waals surface area contributed by atoms with Crippen molar-refractivity contribution in [2.75, 3.05) is 13.1 Å². The number of alkyl halides is 3. The number of rotatable bonds is 2. The van der Waals surface area contributed by atoms with Crippen LogP contribution in [-0.4, -0.2) is 38.5 Å². The first-order valence-electron chi connectivity index (χ1n) is 9.77. The smallest absolute Gasteiger partial charge is 0.337 e. The molecule has 3 atom stereocenters. The molecule has 2 fully saturated rings. The molecule has 3 heterocycles. The van der Waals surface area contributed by atoms with E-state index in [9.17, 15) is 18.0 Å². The van der Waals surface area contributed by atoms with E-state index in [4.69, 9.17) is 11.6 Å². The van der Waals surface area contributed by atoms with E-state index in [2.05, 4.69) is 10.1 Å². The number of likely N-dealkylation sites (tertiary alicyclic amines) is 1. The summed E-state index contributed by atoms with van der Waals surface area (Å²) in [5, 5.41) is 4.40. The molecule has 5 rings (SSSR count). The number of benzene rings is 1. The largest absolute Gasteiger partial charge is 0.416 e. The van der Waals surface area contributed by atoms with Crippen molar-refractivity contribution in [3.8, 4) is 0 Å². The summed E-state index contributed by atoms with van der Waals surface area (Å²) in [5.41, 5.74) is 0.661. The maximum absolute atomic E-state index is 13.4. The molecule has 0 radical (unpaired) electrons. The highest BCUT2D eigenvalue weighted by molar-refractivity contribution is 6.29. The minimum Gasteiger partial charge on any atom is -0.337 e. The number of nitrogens with zero attached hydrogens (tertiary/aromatic N) is 4. The van der Waals surface area contributed by atoms with Crippen molar-refractivity contribution in [1.29, 1.82) is 0 Å². The van der Waals surface area contributed by atoms with Crippen LogP contribution >= 0.6 is 11.6 Å². The highest BCUT2D eigenvalue weighted by atomic mass is 35.5. The van der Waals surface area contributed by atoms with Crippen LogP contribution in [0.15, 0.2) is 42.6 Å². The second-order valence-corrected chi connectivity index (χ2v) is 8.46. The summed E-state index contributed by atoms with van der Waals surface area (Å²) >= 11 is 5.88. The molecular weight excluding hydrogens is 417 g/mol. The Morgan fingerprint density at radius 1 is 1.07 bits per heavy atom. The van der Waals surface area contributed by atoms with Crippen LogP contribution < -0.4 is 0 Å². The fraction of sp³-hybridized carbons (Fsp3) is 0.381. The van der Waals surface area contributed by atoms with E-state index in [-0.39, 0.29) is 23.7 Å². The molecule has 156 valence electrons. The molecule has 2 aliphatic rings. The Labute approximate surface area is 175 Å². The number of fused-ring (bicyclic) bond motifs is 2. The number of carbonyl (C=O) groups is 1. The van der Waals surface area contributed by atoms with Crippen LogP contribution in [0.25, 0.3) is 5.65 Å². The van der Waals surface area contributed by atoms with Crippen LogP contribution in [0.3, 0.4) is 0 Å². The second-order valence-electron chi connectivity index (χ2n) is 8.07. The molecule has 0 unspecified atom stereocenters. The molecule has 5 nitrogen and oxygen atoms in total. The average Bonchev–Trinajstić information content (AvgIpc) is 3.39. The van der Waals surface area contributed by atoms with Gasteiger partial charge < -0.3 is 4.90 Å². The van der Waals surface area contributed by atoms with Crippen molar-refractivity contribution in [2.45, 2.75) is 24.9 Å². The summed E-state index contributed by atoms with van der Waals surface area (Å²) in [4.78, 5) is 19.0. The quantitative estimate of drug-likeness (QED) is 0.589. The van der Waals surface area contributed by atoms with Crippen molar-refractivity contribution in [1.82, 2.24) is 19.5 Å². The van der Waals surface area contributed by atoms with Gasteiger partial charge >= 0.3 is 6.18 Å². The Hall–Kier alpha value is -2.61. The van der Waals surface area contributed by atoms with Crippen LogP contribution in [-0.2, 0) is 6.18 Å². The molecule has 1 aliphatic heterocycles. The van der Waals surface area contributed by atoms with Gasteiger partial charge in [-0.2, -0.15) is 18.3 Å². The van der Waals surface area contributed by atoms with Crippen molar-refractivity contribution < 1.29 is 18.0 Å². The van der Waals surface area contributed by atoms with Crippen molar-refractivity contribution >= 4 is 23.2 Å². The van der Waals surface area contributed by atoms with E-state index in [1.54, 1.807) is 35.4 Å². The minimum absolute atomic E-state index is 0.128. The maximum atomic E-state index is 13.4. The van der Waals surface area contributed by atoms with Gasteiger partial charge in [0.2, 0.25) is 0 Å². The topological polar surface area (TPSA) is 50.5 Å². The van der Waals surface area contributed by atoms with Crippen LogP contribution in [0.2, 0.25) is 5.15 Å². The Kier molecular flexibility index (Phi) is 4.50. The number of carbonyl (C=O) groups excluding carboxylic acids is 1. The van der Waals surface area contributed by atoms with E-state index in [0.717, 1.165) is 6.07 Å². The van der Waals surface area contributed by atoms with E-state index >= 15 is 0 Å². The van der Waals surface area contributed by atoms with Crippen molar-refractivity contribution in [3.63, 3.8) is 0 Å². The molecule has 1 saturated carbocycles. The third kappa shape index (κ3) is 3.33. The second kappa shape index (κ2) is 6.97. The summed E-state index contributed by atoms with van der Waals surface area (Å²) in [6.07, 6.45) is -1.48. The average molecular weight is 435 g/mol. The summed E-state index contributed by atoms with van der Waals surface area (Å²) in [7, 11) is 0. The molecule has 0 N–H and O–H groups in total. The first-order valence-corrected chi connectivity index (χ1v) is 10.1. The summed E-state index contributed by atoms with van der Waals surface area (Å²) < 4.78 is 41.6. The van der Waals surface area contributed by atoms with Gasteiger partial charge in [-0.3, -0.25) is 4.79 Å². The zero-order valence-electron chi connectivity index (χ0n) is 15.8. The lowest BCUT2D eigenvalue weighted by molar-refractivity contribution is -0.138. The van der Waals surface area contributed by atoms with Crippen molar-refractivity contribution in [2.24, 2.45) is 11.8 Å². The van der Waals surface area contributed by atoms with Gasteiger partial charge in [-0.25, -0.2) is 9.50 Å².